The van der Waals surface area contributed by atoms with Gasteiger partial charge in [0, 0.05) is 31.7 Å². The van der Waals surface area contributed by atoms with E-state index in [9.17, 15) is 15.3 Å². The Balaban J connectivity index is 2.07. The lowest BCUT2D eigenvalue weighted by molar-refractivity contribution is 0.159. The molecule has 0 amide bonds. The lowest BCUT2D eigenvalue weighted by Crippen LogP contribution is -2.41. The van der Waals surface area contributed by atoms with E-state index in [0.717, 1.165) is 26.2 Å². The van der Waals surface area contributed by atoms with Crippen molar-refractivity contribution in [1.82, 2.24) is 9.91 Å². The van der Waals surface area contributed by atoms with Gasteiger partial charge in [0.25, 0.3) is 0 Å². The van der Waals surface area contributed by atoms with Crippen LogP contribution in [0.2, 0.25) is 0 Å². The summed E-state index contributed by atoms with van der Waals surface area (Å²) >= 11 is 0. The van der Waals surface area contributed by atoms with Gasteiger partial charge in [0.05, 0.1) is 6.21 Å². The highest BCUT2D eigenvalue weighted by Gasteiger charge is 2.12. The fourth-order valence-corrected chi connectivity index (χ4v) is 1.74. The van der Waals surface area contributed by atoms with Crippen LogP contribution in [0, 0.1) is 0 Å². The van der Waals surface area contributed by atoms with E-state index in [2.05, 4.69) is 17.0 Å². The summed E-state index contributed by atoms with van der Waals surface area (Å²) in [6.45, 7) is 3.56. The van der Waals surface area contributed by atoms with Crippen LogP contribution in [0.1, 0.15) is 5.56 Å². The van der Waals surface area contributed by atoms with Crippen LogP contribution in [0.3, 0.4) is 0 Å². The first-order valence-electron chi connectivity index (χ1n) is 5.79. The molecule has 1 aliphatic heterocycles. The molecule has 1 aliphatic rings. The number of hydrazone groups is 1. The van der Waals surface area contributed by atoms with E-state index in [1.54, 1.807) is 0 Å². The number of benzene rings is 1. The fraction of sp³-hybridized carbons (Fsp3) is 0.417. The number of piperazine rings is 1. The quantitative estimate of drug-likeness (QED) is 0.523. The highest BCUT2D eigenvalue weighted by atomic mass is 16.3. The van der Waals surface area contributed by atoms with Gasteiger partial charge in [-0.3, -0.25) is 5.01 Å². The van der Waals surface area contributed by atoms with Gasteiger partial charge in [-0.15, -0.1) is 0 Å². The van der Waals surface area contributed by atoms with Gasteiger partial charge in [0.15, 0.2) is 11.5 Å². The second-order valence-corrected chi connectivity index (χ2v) is 4.37. The molecule has 0 radical (unpaired) electrons. The normalized spacial score (nSPS) is 17.5. The van der Waals surface area contributed by atoms with E-state index in [4.69, 9.17) is 0 Å². The van der Waals surface area contributed by atoms with Gasteiger partial charge in [-0.2, -0.15) is 5.10 Å². The van der Waals surface area contributed by atoms with Crippen LogP contribution in [0.25, 0.3) is 0 Å². The second kappa shape index (κ2) is 5.14. The summed E-state index contributed by atoms with van der Waals surface area (Å²) in [7, 11) is 2.06. The Bertz CT molecular complexity index is 454. The van der Waals surface area contributed by atoms with Crippen molar-refractivity contribution in [3.05, 3.63) is 17.7 Å². The van der Waals surface area contributed by atoms with Crippen LogP contribution in [0.4, 0.5) is 0 Å². The molecule has 1 aromatic rings. The monoisotopic (exact) mass is 251 g/mol. The molecule has 0 aromatic heterocycles. The van der Waals surface area contributed by atoms with Crippen LogP contribution < -0.4 is 0 Å². The topological polar surface area (TPSA) is 79.5 Å². The molecule has 0 bridgehead atoms. The zero-order valence-electron chi connectivity index (χ0n) is 10.2. The predicted molar refractivity (Wildman–Crippen MR) is 68.1 cm³/mol. The standard InChI is InChI=1S/C12H17N3O3/c1-14-4-6-15(7-5-14)13-8-9-2-3-10(16)12(18)11(9)17/h2-3,8,16-18H,4-7H2,1H3/b13-8-. The minimum atomic E-state index is -0.516. The summed E-state index contributed by atoms with van der Waals surface area (Å²) in [5, 5.41) is 34.4. The summed E-state index contributed by atoms with van der Waals surface area (Å²) in [4.78, 5) is 2.22. The Hall–Kier alpha value is -1.95. The lowest BCUT2D eigenvalue weighted by Gasteiger charge is -2.30. The number of likely N-dealkylation sites (N-methyl/N-ethyl adjacent to an activating group) is 1. The molecular formula is C12H17N3O3. The first kappa shape index (κ1) is 12.5. The van der Waals surface area contributed by atoms with E-state index < -0.39 is 5.75 Å². The molecule has 0 aliphatic carbocycles. The molecule has 6 nitrogen and oxygen atoms in total. The highest BCUT2D eigenvalue weighted by molar-refractivity contribution is 5.85. The molecule has 18 heavy (non-hydrogen) atoms. The van der Waals surface area contributed by atoms with E-state index in [1.165, 1.54) is 18.3 Å². The molecule has 2 rings (SSSR count). The predicted octanol–water partition coefficient (Wildman–Crippen LogP) is 0.385. The minimum absolute atomic E-state index is 0.343. The van der Waals surface area contributed by atoms with Crippen molar-refractivity contribution in [2.45, 2.75) is 0 Å². The third kappa shape index (κ3) is 2.65. The van der Waals surface area contributed by atoms with Gasteiger partial charge >= 0.3 is 0 Å². The maximum Gasteiger partial charge on any atom is 0.200 e. The Labute approximate surface area is 105 Å². The average molecular weight is 251 g/mol. The smallest absolute Gasteiger partial charge is 0.200 e. The number of phenols is 3. The van der Waals surface area contributed by atoms with Crippen LogP contribution in [-0.2, 0) is 0 Å². The van der Waals surface area contributed by atoms with Crippen LogP contribution in [0.15, 0.2) is 17.2 Å². The summed E-state index contributed by atoms with van der Waals surface area (Å²) in [6, 6.07) is 2.82. The van der Waals surface area contributed by atoms with Crippen LogP contribution >= 0.6 is 0 Å². The Morgan fingerprint density at radius 1 is 1.06 bits per heavy atom. The first-order chi connectivity index (χ1) is 8.58. The summed E-state index contributed by atoms with van der Waals surface area (Å²) in [5.74, 6) is -1.21. The SMILES string of the molecule is CN1CCN(/N=C\c2ccc(O)c(O)c2O)CC1. The fourth-order valence-electron chi connectivity index (χ4n) is 1.74. The van der Waals surface area contributed by atoms with Gasteiger partial charge < -0.3 is 20.2 Å². The summed E-state index contributed by atoms with van der Waals surface area (Å²) in [6.07, 6.45) is 1.49. The van der Waals surface area contributed by atoms with Crippen molar-refractivity contribution in [2.75, 3.05) is 33.2 Å². The van der Waals surface area contributed by atoms with Gasteiger partial charge in [-0.1, -0.05) is 0 Å². The minimum Gasteiger partial charge on any atom is -0.504 e. The third-order valence-electron chi connectivity index (χ3n) is 3.00. The van der Waals surface area contributed by atoms with Crippen molar-refractivity contribution in [1.29, 1.82) is 0 Å². The zero-order valence-corrected chi connectivity index (χ0v) is 10.2. The lowest BCUT2D eigenvalue weighted by atomic mass is 10.2. The molecular weight excluding hydrogens is 234 g/mol. The highest BCUT2D eigenvalue weighted by Crippen LogP contribution is 2.36. The average Bonchev–Trinajstić information content (AvgIpc) is 2.37. The Morgan fingerprint density at radius 2 is 1.72 bits per heavy atom. The molecule has 6 heteroatoms. The van der Waals surface area contributed by atoms with Crippen molar-refractivity contribution < 1.29 is 15.3 Å². The number of hydrogen-bond acceptors (Lipinski definition) is 6. The molecule has 98 valence electrons. The molecule has 0 saturated carbocycles. The molecule has 0 spiro atoms. The summed E-state index contributed by atoms with van der Waals surface area (Å²) in [5.41, 5.74) is 0.379. The maximum absolute atomic E-state index is 9.62. The third-order valence-corrected chi connectivity index (χ3v) is 3.00. The maximum atomic E-state index is 9.62. The zero-order chi connectivity index (χ0) is 13.1. The van der Waals surface area contributed by atoms with Gasteiger partial charge in [-0.05, 0) is 19.2 Å². The Kier molecular flexibility index (Phi) is 3.57. The van der Waals surface area contributed by atoms with Gasteiger partial charge in [0.2, 0.25) is 5.75 Å². The van der Waals surface area contributed by atoms with Crippen molar-refractivity contribution in [3.63, 3.8) is 0 Å². The number of phenolic OH excluding ortho intramolecular Hbond substituents is 3. The Morgan fingerprint density at radius 3 is 2.39 bits per heavy atom. The first-order valence-corrected chi connectivity index (χ1v) is 5.79. The van der Waals surface area contributed by atoms with Crippen LogP contribution in [0.5, 0.6) is 17.2 Å². The number of hydrogen-bond donors (Lipinski definition) is 3. The van der Waals surface area contributed by atoms with Gasteiger partial charge in [0.1, 0.15) is 0 Å². The largest absolute Gasteiger partial charge is 0.504 e. The number of rotatable bonds is 2. The summed E-state index contributed by atoms with van der Waals surface area (Å²) < 4.78 is 0. The van der Waals surface area contributed by atoms with E-state index in [-0.39, 0.29) is 11.5 Å². The van der Waals surface area contributed by atoms with Crippen molar-refractivity contribution >= 4 is 6.21 Å². The second-order valence-electron chi connectivity index (χ2n) is 4.37. The molecule has 1 saturated heterocycles. The molecule has 1 fully saturated rings. The van der Waals surface area contributed by atoms with Crippen molar-refractivity contribution in [3.8, 4) is 17.2 Å². The van der Waals surface area contributed by atoms with Crippen LogP contribution in [-0.4, -0.2) is 64.7 Å². The molecule has 0 unspecified atom stereocenters. The number of nitrogens with zero attached hydrogens (tertiary/aromatic N) is 3. The van der Waals surface area contributed by atoms with E-state index >= 15 is 0 Å². The molecule has 0 atom stereocenters. The molecule has 1 aromatic carbocycles. The van der Waals surface area contributed by atoms with Gasteiger partial charge in [-0.25, -0.2) is 0 Å². The van der Waals surface area contributed by atoms with E-state index in [0.29, 0.717) is 5.56 Å². The molecule has 3 N–H and O–H groups in total. The van der Waals surface area contributed by atoms with Crippen molar-refractivity contribution in [2.24, 2.45) is 5.10 Å². The van der Waals surface area contributed by atoms with E-state index in [1.807, 2.05) is 5.01 Å². The number of aromatic hydroxyl groups is 3. The molecule has 1 heterocycles.